The van der Waals surface area contributed by atoms with Crippen molar-refractivity contribution in [3.8, 4) is 0 Å². The monoisotopic (exact) mass is 388 g/mol. The first kappa shape index (κ1) is 19.5. The molecule has 1 aliphatic heterocycles. The van der Waals surface area contributed by atoms with E-state index in [1.807, 2.05) is 30.3 Å². The van der Waals surface area contributed by atoms with E-state index in [2.05, 4.69) is 4.72 Å². The molecule has 1 fully saturated rings. The van der Waals surface area contributed by atoms with E-state index in [1.165, 1.54) is 12.1 Å². The lowest BCUT2D eigenvalue weighted by atomic mass is 10.1. The third-order valence-electron chi connectivity index (χ3n) is 4.53. The van der Waals surface area contributed by atoms with Crippen LogP contribution >= 0.6 is 0 Å². The van der Waals surface area contributed by atoms with E-state index in [9.17, 15) is 13.2 Å². The van der Waals surface area contributed by atoms with E-state index >= 15 is 0 Å². The average Bonchev–Trinajstić information content (AvgIpc) is 3.20. The van der Waals surface area contributed by atoms with Crippen molar-refractivity contribution in [1.29, 1.82) is 0 Å². The van der Waals surface area contributed by atoms with Crippen molar-refractivity contribution in [3.63, 3.8) is 0 Å². The Morgan fingerprint density at radius 2 is 1.96 bits per heavy atom. The molecule has 0 aromatic heterocycles. The number of nitrogens with zero attached hydrogens (tertiary/aromatic N) is 1. The fourth-order valence-electron chi connectivity index (χ4n) is 3.04. The number of carbonyl (C=O) groups is 1. The summed E-state index contributed by atoms with van der Waals surface area (Å²) in [6.45, 7) is 1.37. The van der Waals surface area contributed by atoms with Crippen LogP contribution in [0, 0.1) is 0 Å². The van der Waals surface area contributed by atoms with E-state index in [0.29, 0.717) is 18.7 Å². The van der Waals surface area contributed by atoms with Crippen molar-refractivity contribution in [2.45, 2.75) is 30.4 Å². The van der Waals surface area contributed by atoms with Crippen LogP contribution in [0.3, 0.4) is 0 Å². The maximum absolute atomic E-state index is 12.7. The number of hydrogen-bond acceptors (Lipinski definition) is 4. The van der Waals surface area contributed by atoms with Gasteiger partial charge in [-0.2, -0.15) is 0 Å². The molecule has 7 heteroatoms. The summed E-state index contributed by atoms with van der Waals surface area (Å²) in [6, 6.07) is 15.8. The van der Waals surface area contributed by atoms with Crippen LogP contribution in [0.2, 0.25) is 0 Å². The lowest BCUT2D eigenvalue weighted by molar-refractivity contribution is 0.0785. The smallest absolute Gasteiger partial charge is 0.253 e. The number of amides is 1. The molecule has 0 aliphatic carbocycles. The summed E-state index contributed by atoms with van der Waals surface area (Å²) in [4.78, 5) is 14.3. The van der Waals surface area contributed by atoms with Gasteiger partial charge in [0.1, 0.15) is 0 Å². The first-order valence-corrected chi connectivity index (χ1v) is 10.4. The molecule has 1 heterocycles. The highest BCUT2D eigenvalue weighted by atomic mass is 32.2. The number of rotatable bonds is 7. The Bertz CT molecular complexity index is 878. The minimum Gasteiger partial charge on any atom is -0.377 e. The Morgan fingerprint density at radius 3 is 2.67 bits per heavy atom. The minimum atomic E-state index is -3.69. The highest BCUT2D eigenvalue weighted by Crippen LogP contribution is 2.16. The van der Waals surface area contributed by atoms with Gasteiger partial charge in [-0.1, -0.05) is 36.4 Å². The number of sulfonamides is 1. The number of ether oxygens (including phenoxy) is 1. The molecule has 0 saturated carbocycles. The molecule has 27 heavy (non-hydrogen) atoms. The third-order valence-corrected chi connectivity index (χ3v) is 5.95. The average molecular weight is 388 g/mol. The van der Waals surface area contributed by atoms with E-state index in [1.54, 1.807) is 24.1 Å². The van der Waals surface area contributed by atoms with Gasteiger partial charge in [-0.3, -0.25) is 4.79 Å². The maximum atomic E-state index is 12.7. The van der Waals surface area contributed by atoms with Crippen molar-refractivity contribution < 1.29 is 17.9 Å². The van der Waals surface area contributed by atoms with Gasteiger partial charge >= 0.3 is 0 Å². The third kappa shape index (κ3) is 5.15. The van der Waals surface area contributed by atoms with Gasteiger partial charge in [0, 0.05) is 32.3 Å². The fourth-order valence-corrected chi connectivity index (χ4v) is 4.15. The van der Waals surface area contributed by atoms with E-state index in [0.717, 1.165) is 18.4 Å². The fraction of sp³-hybridized carbons (Fsp3) is 0.350. The second kappa shape index (κ2) is 8.65. The van der Waals surface area contributed by atoms with Crippen LogP contribution in [0.4, 0.5) is 0 Å². The van der Waals surface area contributed by atoms with Crippen LogP contribution in [-0.4, -0.2) is 45.5 Å². The summed E-state index contributed by atoms with van der Waals surface area (Å²) in [6.07, 6.45) is 1.72. The highest BCUT2D eigenvalue weighted by molar-refractivity contribution is 7.89. The summed E-state index contributed by atoms with van der Waals surface area (Å²) in [5, 5.41) is 0. The summed E-state index contributed by atoms with van der Waals surface area (Å²) >= 11 is 0. The van der Waals surface area contributed by atoms with Crippen molar-refractivity contribution in [2.24, 2.45) is 0 Å². The lowest BCUT2D eigenvalue weighted by Gasteiger charge is -2.18. The Kier molecular flexibility index (Phi) is 6.26. The summed E-state index contributed by atoms with van der Waals surface area (Å²) in [7, 11) is -1.99. The molecule has 1 atom stereocenters. The van der Waals surface area contributed by atoms with Crippen LogP contribution in [0.1, 0.15) is 28.8 Å². The largest absolute Gasteiger partial charge is 0.377 e. The molecule has 6 nitrogen and oxygen atoms in total. The predicted molar refractivity (Wildman–Crippen MR) is 103 cm³/mol. The second-order valence-corrected chi connectivity index (χ2v) is 8.43. The molecule has 0 bridgehead atoms. The van der Waals surface area contributed by atoms with Crippen LogP contribution in [0.15, 0.2) is 59.5 Å². The van der Waals surface area contributed by atoms with Gasteiger partial charge in [0.25, 0.3) is 5.91 Å². The van der Waals surface area contributed by atoms with Crippen molar-refractivity contribution in [3.05, 3.63) is 65.7 Å². The molecular formula is C20H24N2O4S. The zero-order chi connectivity index (χ0) is 19.3. The molecule has 3 rings (SSSR count). The molecule has 0 spiro atoms. The molecule has 1 N–H and O–H groups in total. The summed E-state index contributed by atoms with van der Waals surface area (Å²) < 4.78 is 33.1. The molecule has 0 radical (unpaired) electrons. The van der Waals surface area contributed by atoms with Crippen LogP contribution in [0.5, 0.6) is 0 Å². The normalized spacial score (nSPS) is 17.0. The zero-order valence-corrected chi connectivity index (χ0v) is 16.1. The van der Waals surface area contributed by atoms with Gasteiger partial charge in [0.15, 0.2) is 0 Å². The minimum absolute atomic E-state index is 0.0819. The van der Waals surface area contributed by atoms with Crippen LogP contribution < -0.4 is 4.72 Å². The SMILES string of the molecule is CN(Cc1ccccc1)C(=O)c1cccc(S(=O)(=O)NC[C@H]2CCCO2)c1. The molecule has 0 unspecified atom stereocenters. The summed E-state index contributed by atoms with van der Waals surface area (Å²) in [5.41, 5.74) is 1.35. The second-order valence-electron chi connectivity index (χ2n) is 6.66. The van der Waals surface area contributed by atoms with E-state index < -0.39 is 10.0 Å². The van der Waals surface area contributed by atoms with Gasteiger partial charge in [0.2, 0.25) is 10.0 Å². The van der Waals surface area contributed by atoms with Gasteiger partial charge in [0.05, 0.1) is 11.0 Å². The molecule has 2 aromatic carbocycles. The first-order valence-electron chi connectivity index (χ1n) is 8.96. The number of nitrogens with one attached hydrogen (secondary N) is 1. The van der Waals surface area contributed by atoms with Crippen molar-refractivity contribution in [1.82, 2.24) is 9.62 Å². The number of carbonyl (C=O) groups excluding carboxylic acids is 1. The Morgan fingerprint density at radius 1 is 1.19 bits per heavy atom. The van der Waals surface area contributed by atoms with Gasteiger partial charge in [-0.25, -0.2) is 13.1 Å². The van der Waals surface area contributed by atoms with Crippen molar-refractivity contribution >= 4 is 15.9 Å². The summed E-state index contributed by atoms with van der Waals surface area (Å²) in [5.74, 6) is -0.227. The first-order chi connectivity index (χ1) is 13.0. The van der Waals surface area contributed by atoms with Crippen LogP contribution in [0.25, 0.3) is 0 Å². The predicted octanol–water partition coefficient (Wildman–Crippen LogP) is 2.42. The molecule has 1 aliphatic rings. The quantitative estimate of drug-likeness (QED) is 0.790. The standard InChI is InChI=1S/C20H24N2O4S/c1-22(15-16-7-3-2-4-8-16)20(23)17-9-5-11-19(13-17)27(24,25)21-14-18-10-6-12-26-18/h2-5,7-9,11,13,18,21H,6,10,12,14-15H2,1H3/t18-/m1/s1. The molecule has 1 saturated heterocycles. The Labute approximate surface area is 160 Å². The lowest BCUT2D eigenvalue weighted by Crippen LogP contribution is -2.32. The molecular weight excluding hydrogens is 364 g/mol. The van der Waals surface area contributed by atoms with E-state index in [4.69, 9.17) is 4.74 Å². The van der Waals surface area contributed by atoms with Gasteiger partial charge < -0.3 is 9.64 Å². The zero-order valence-electron chi connectivity index (χ0n) is 15.3. The van der Waals surface area contributed by atoms with E-state index in [-0.39, 0.29) is 23.5 Å². The molecule has 2 aromatic rings. The Hall–Kier alpha value is -2.22. The van der Waals surface area contributed by atoms with Gasteiger partial charge in [-0.15, -0.1) is 0 Å². The molecule has 1 amide bonds. The number of hydrogen-bond donors (Lipinski definition) is 1. The topological polar surface area (TPSA) is 75.7 Å². The highest BCUT2D eigenvalue weighted by Gasteiger charge is 2.21. The number of benzene rings is 2. The van der Waals surface area contributed by atoms with Crippen molar-refractivity contribution in [2.75, 3.05) is 20.2 Å². The Balaban J connectivity index is 1.69. The van der Waals surface area contributed by atoms with Gasteiger partial charge in [-0.05, 0) is 36.6 Å². The maximum Gasteiger partial charge on any atom is 0.253 e. The van der Waals surface area contributed by atoms with Crippen LogP contribution in [-0.2, 0) is 21.3 Å². The molecule has 144 valence electrons.